The third kappa shape index (κ3) is 7.71. The first kappa shape index (κ1) is 22.3. The minimum Gasteiger partial charge on any atom is -0.480 e. The number of hydrogen-bond acceptors (Lipinski definition) is 6. The van der Waals surface area contributed by atoms with E-state index in [-0.39, 0.29) is 5.92 Å². The van der Waals surface area contributed by atoms with Crippen molar-refractivity contribution in [2.75, 3.05) is 6.54 Å². The highest BCUT2D eigenvalue weighted by molar-refractivity contribution is 5.91. The number of aliphatic carboxylic acids is 1. The average Bonchev–Trinajstić information content (AvgIpc) is 2.49. The predicted molar refractivity (Wildman–Crippen MR) is 88.9 cm³/mol. The first-order valence-electron chi connectivity index (χ1n) is 8.09. The molecule has 8 N–H and O–H groups in total. The van der Waals surface area contributed by atoms with Crippen molar-refractivity contribution in [1.29, 1.82) is 0 Å². The summed E-state index contributed by atoms with van der Waals surface area (Å²) in [5.41, 5.74) is 11.2. The number of amides is 2. The minimum absolute atomic E-state index is 0.109. The van der Waals surface area contributed by atoms with E-state index in [0.717, 1.165) is 0 Å². The molecule has 0 unspecified atom stereocenters. The van der Waals surface area contributed by atoms with Gasteiger partial charge in [-0.1, -0.05) is 13.8 Å². The lowest BCUT2D eigenvalue weighted by Crippen LogP contribution is -2.57. The standard InChI is InChI=1S/C15H30N4O5/c1-8(2)11(17)14(22)18-10(6-4-5-7-16)13(21)19-12(9(3)20)15(23)24/h8-12,20H,4-7,16-17H2,1-3H3,(H,18,22)(H,19,21)(H,23,24)/t9-,10+,11+,12+/m1/s1. The molecule has 24 heavy (non-hydrogen) atoms. The third-order valence-corrected chi connectivity index (χ3v) is 3.65. The van der Waals surface area contributed by atoms with Crippen LogP contribution in [0.2, 0.25) is 0 Å². The van der Waals surface area contributed by atoms with Gasteiger partial charge >= 0.3 is 5.97 Å². The van der Waals surface area contributed by atoms with E-state index in [1.54, 1.807) is 13.8 Å². The third-order valence-electron chi connectivity index (χ3n) is 3.65. The molecule has 0 heterocycles. The molecule has 9 heteroatoms. The summed E-state index contributed by atoms with van der Waals surface area (Å²) in [7, 11) is 0. The van der Waals surface area contributed by atoms with Crippen molar-refractivity contribution in [2.45, 2.75) is 64.3 Å². The summed E-state index contributed by atoms with van der Waals surface area (Å²) in [6.07, 6.45) is 0.267. The number of carboxylic acid groups (broad SMARTS) is 1. The van der Waals surface area contributed by atoms with Crippen LogP contribution in [0.3, 0.4) is 0 Å². The Morgan fingerprint density at radius 2 is 1.62 bits per heavy atom. The number of rotatable bonds is 11. The average molecular weight is 346 g/mol. The molecule has 0 fully saturated rings. The fraction of sp³-hybridized carbons (Fsp3) is 0.800. The predicted octanol–water partition coefficient (Wildman–Crippen LogP) is -1.47. The van der Waals surface area contributed by atoms with Crippen LogP contribution in [-0.2, 0) is 14.4 Å². The number of aliphatic hydroxyl groups excluding tert-OH is 1. The zero-order chi connectivity index (χ0) is 18.9. The maximum absolute atomic E-state index is 12.3. The summed E-state index contributed by atoms with van der Waals surface area (Å²) >= 11 is 0. The number of hydrogen-bond donors (Lipinski definition) is 6. The van der Waals surface area contributed by atoms with Gasteiger partial charge in [0.25, 0.3) is 0 Å². The molecule has 0 spiro atoms. The van der Waals surface area contributed by atoms with Gasteiger partial charge < -0.3 is 32.3 Å². The van der Waals surface area contributed by atoms with E-state index in [9.17, 15) is 19.5 Å². The highest BCUT2D eigenvalue weighted by Gasteiger charge is 2.30. The van der Waals surface area contributed by atoms with Crippen LogP contribution >= 0.6 is 0 Å². The Morgan fingerprint density at radius 1 is 1.04 bits per heavy atom. The summed E-state index contributed by atoms with van der Waals surface area (Å²) < 4.78 is 0. The van der Waals surface area contributed by atoms with Crippen molar-refractivity contribution < 1.29 is 24.6 Å². The highest BCUT2D eigenvalue weighted by atomic mass is 16.4. The van der Waals surface area contributed by atoms with E-state index in [2.05, 4.69) is 10.6 Å². The van der Waals surface area contributed by atoms with Gasteiger partial charge in [0.2, 0.25) is 11.8 Å². The van der Waals surface area contributed by atoms with Crippen LogP contribution in [0.25, 0.3) is 0 Å². The van der Waals surface area contributed by atoms with Gasteiger partial charge in [0, 0.05) is 0 Å². The van der Waals surface area contributed by atoms with Crippen molar-refractivity contribution in [2.24, 2.45) is 17.4 Å². The molecule has 0 saturated carbocycles. The Bertz CT molecular complexity index is 428. The van der Waals surface area contributed by atoms with Crippen molar-refractivity contribution in [3.05, 3.63) is 0 Å². The second-order valence-corrected chi connectivity index (χ2v) is 6.18. The van der Waals surface area contributed by atoms with Gasteiger partial charge in [-0.15, -0.1) is 0 Å². The Labute approximate surface area is 142 Å². The molecule has 4 atom stereocenters. The number of unbranched alkanes of at least 4 members (excludes halogenated alkanes) is 1. The van der Waals surface area contributed by atoms with Crippen LogP contribution in [0.4, 0.5) is 0 Å². The Kier molecular flexibility index (Phi) is 10.2. The van der Waals surface area contributed by atoms with Gasteiger partial charge in [-0.25, -0.2) is 4.79 Å². The Balaban J connectivity index is 5.00. The van der Waals surface area contributed by atoms with Gasteiger partial charge in [-0.3, -0.25) is 9.59 Å². The van der Waals surface area contributed by atoms with E-state index in [1.807, 2.05) is 0 Å². The van der Waals surface area contributed by atoms with Crippen LogP contribution in [0, 0.1) is 5.92 Å². The topological polar surface area (TPSA) is 168 Å². The van der Waals surface area contributed by atoms with Gasteiger partial charge in [0.05, 0.1) is 12.1 Å². The maximum Gasteiger partial charge on any atom is 0.328 e. The monoisotopic (exact) mass is 346 g/mol. The molecule has 0 aromatic carbocycles. The van der Waals surface area contributed by atoms with E-state index in [0.29, 0.717) is 25.8 Å². The molecule has 2 amide bonds. The minimum atomic E-state index is -1.45. The van der Waals surface area contributed by atoms with Gasteiger partial charge in [-0.05, 0) is 38.6 Å². The molecule has 0 radical (unpaired) electrons. The molecule has 9 nitrogen and oxygen atoms in total. The Hall–Kier alpha value is -1.71. The number of nitrogens with two attached hydrogens (primary N) is 2. The lowest BCUT2D eigenvalue weighted by Gasteiger charge is -2.24. The van der Waals surface area contributed by atoms with Crippen LogP contribution < -0.4 is 22.1 Å². The van der Waals surface area contributed by atoms with E-state index in [1.165, 1.54) is 6.92 Å². The lowest BCUT2D eigenvalue weighted by molar-refractivity contribution is -0.145. The van der Waals surface area contributed by atoms with Crippen molar-refractivity contribution in [3.8, 4) is 0 Å². The van der Waals surface area contributed by atoms with Crippen molar-refractivity contribution in [1.82, 2.24) is 10.6 Å². The van der Waals surface area contributed by atoms with Gasteiger partial charge in [0.1, 0.15) is 6.04 Å². The zero-order valence-electron chi connectivity index (χ0n) is 14.5. The van der Waals surface area contributed by atoms with E-state index in [4.69, 9.17) is 16.6 Å². The molecular weight excluding hydrogens is 316 g/mol. The fourth-order valence-corrected chi connectivity index (χ4v) is 1.97. The smallest absolute Gasteiger partial charge is 0.328 e. The molecule has 0 aliphatic heterocycles. The number of nitrogens with one attached hydrogen (secondary N) is 2. The highest BCUT2D eigenvalue weighted by Crippen LogP contribution is 2.05. The Morgan fingerprint density at radius 3 is 2.04 bits per heavy atom. The second kappa shape index (κ2) is 11.0. The number of carbonyl (C=O) groups excluding carboxylic acids is 2. The van der Waals surface area contributed by atoms with Crippen molar-refractivity contribution in [3.63, 3.8) is 0 Å². The van der Waals surface area contributed by atoms with Gasteiger partial charge in [0.15, 0.2) is 6.04 Å². The largest absolute Gasteiger partial charge is 0.480 e. The normalized spacial score (nSPS) is 16.1. The molecular formula is C15H30N4O5. The maximum atomic E-state index is 12.3. The van der Waals surface area contributed by atoms with Crippen molar-refractivity contribution >= 4 is 17.8 Å². The first-order valence-corrected chi connectivity index (χ1v) is 8.09. The van der Waals surface area contributed by atoms with Crippen LogP contribution in [0.5, 0.6) is 0 Å². The molecule has 0 rings (SSSR count). The fourth-order valence-electron chi connectivity index (χ4n) is 1.97. The number of carbonyl (C=O) groups is 3. The summed E-state index contributed by atoms with van der Waals surface area (Å²) in [5, 5.41) is 23.3. The molecule has 0 aliphatic carbocycles. The molecule has 0 aliphatic rings. The number of carboxylic acids is 1. The molecule has 140 valence electrons. The number of aliphatic hydroxyl groups is 1. The first-order chi connectivity index (χ1) is 11.1. The summed E-state index contributed by atoms with van der Waals surface area (Å²) in [6.45, 7) is 5.26. The molecule has 0 bridgehead atoms. The molecule has 0 aromatic rings. The quantitative estimate of drug-likeness (QED) is 0.248. The summed E-state index contributed by atoms with van der Waals surface area (Å²) in [6, 6.07) is -3.17. The SMILES string of the molecule is CC(C)[C@H](N)C(=O)N[C@@H](CCCCN)C(=O)N[C@H](C(=O)O)[C@@H](C)O. The summed E-state index contributed by atoms with van der Waals surface area (Å²) in [4.78, 5) is 35.5. The molecule has 0 saturated heterocycles. The van der Waals surface area contributed by atoms with Gasteiger partial charge in [-0.2, -0.15) is 0 Å². The zero-order valence-corrected chi connectivity index (χ0v) is 14.5. The van der Waals surface area contributed by atoms with Crippen LogP contribution in [-0.4, -0.2) is 58.8 Å². The lowest BCUT2D eigenvalue weighted by atomic mass is 10.0. The van der Waals surface area contributed by atoms with E-state index < -0.39 is 42.0 Å². The summed E-state index contributed by atoms with van der Waals surface area (Å²) in [5.74, 6) is -2.63. The molecule has 0 aromatic heterocycles. The van der Waals surface area contributed by atoms with E-state index >= 15 is 0 Å². The van der Waals surface area contributed by atoms with Crippen LogP contribution in [0.15, 0.2) is 0 Å². The second-order valence-electron chi connectivity index (χ2n) is 6.18. The van der Waals surface area contributed by atoms with Crippen LogP contribution in [0.1, 0.15) is 40.0 Å².